The van der Waals surface area contributed by atoms with Crippen LogP contribution in [0.2, 0.25) is 0 Å². The van der Waals surface area contributed by atoms with Gasteiger partial charge in [0.15, 0.2) is 18.2 Å². The van der Waals surface area contributed by atoms with Crippen molar-refractivity contribution in [3.8, 4) is 5.75 Å². The highest BCUT2D eigenvalue weighted by atomic mass is 33.1. The molecule has 1 aliphatic heterocycles. The first-order valence-corrected chi connectivity index (χ1v) is 10.7. The molecule has 0 bridgehead atoms. The van der Waals surface area contributed by atoms with Gasteiger partial charge >= 0.3 is 0 Å². The molecule has 2 aliphatic rings. The highest BCUT2D eigenvalue weighted by Gasteiger charge is 2.23. The molecule has 4 nitrogen and oxygen atoms in total. The fraction of sp³-hybridized carbons (Fsp3) is 0.0455. The van der Waals surface area contributed by atoms with Gasteiger partial charge in [-0.25, -0.2) is 4.99 Å². The Balaban J connectivity index is 1.55. The number of nitrogens with zero attached hydrogens (tertiary/aromatic N) is 1. The molecule has 0 spiro atoms. The van der Waals surface area contributed by atoms with Crippen LogP contribution in [0.4, 0.5) is 0 Å². The molecule has 0 fully saturated rings. The number of carbonyl (C=O) groups excluding carboxylic acids is 2. The Morgan fingerprint density at radius 1 is 0.929 bits per heavy atom. The Morgan fingerprint density at radius 2 is 1.68 bits per heavy atom. The number of ketones is 2. The molecule has 0 atom stereocenters. The summed E-state index contributed by atoms with van der Waals surface area (Å²) in [6.45, 7) is -0.0495. The number of allylic oxidation sites excluding steroid dienone is 5. The van der Waals surface area contributed by atoms with Gasteiger partial charge in [-0.15, -0.1) is 0 Å². The van der Waals surface area contributed by atoms with Crippen molar-refractivity contribution in [1.82, 2.24) is 0 Å². The van der Waals surface area contributed by atoms with Gasteiger partial charge in [0, 0.05) is 11.1 Å². The van der Waals surface area contributed by atoms with Crippen LogP contribution in [0.3, 0.4) is 0 Å². The number of Topliss-reactive ketones (excluding diaryl/α,β-unsaturated/α-hetero) is 1. The first kappa shape index (κ1) is 18.5. The molecule has 6 heteroatoms. The first-order valence-electron chi connectivity index (χ1n) is 8.59. The Bertz CT molecular complexity index is 1050. The monoisotopic (exact) mass is 405 g/mol. The number of para-hydroxylation sites is 1. The van der Waals surface area contributed by atoms with Crippen molar-refractivity contribution >= 4 is 38.2 Å². The molecular formula is C22H15NO3S2. The molecule has 2 aromatic rings. The summed E-state index contributed by atoms with van der Waals surface area (Å²) in [5.74, 6) is 0.460. The zero-order valence-electron chi connectivity index (χ0n) is 14.7. The lowest BCUT2D eigenvalue weighted by Gasteiger charge is -2.10. The number of rotatable bonds is 5. The predicted octanol–water partition coefficient (Wildman–Crippen LogP) is 5.00. The van der Waals surface area contributed by atoms with E-state index in [2.05, 4.69) is 4.99 Å². The van der Waals surface area contributed by atoms with Crippen molar-refractivity contribution in [3.63, 3.8) is 0 Å². The highest BCUT2D eigenvalue weighted by molar-refractivity contribution is 8.84. The summed E-state index contributed by atoms with van der Waals surface area (Å²) in [6, 6.07) is 16.5. The zero-order valence-corrected chi connectivity index (χ0v) is 16.3. The molecule has 0 unspecified atom stereocenters. The highest BCUT2D eigenvalue weighted by Crippen LogP contribution is 2.45. The summed E-state index contributed by atoms with van der Waals surface area (Å²) in [5.41, 5.74) is 2.01. The maximum atomic E-state index is 12.3. The standard InChI is InChI=1S/C22H15NO3S2/c24-18-12-6-4-10-16(18)21-23-22(28-27-21)17-11-5-7-13-20(17)26-14-19(25)15-8-2-1-3-9-15/h1-13H,14H2/b21-16-. The van der Waals surface area contributed by atoms with Crippen LogP contribution in [-0.4, -0.2) is 23.2 Å². The van der Waals surface area contributed by atoms with Crippen LogP contribution in [0.15, 0.2) is 94.5 Å². The predicted molar refractivity (Wildman–Crippen MR) is 115 cm³/mol. The van der Waals surface area contributed by atoms with Crippen molar-refractivity contribution < 1.29 is 14.3 Å². The lowest BCUT2D eigenvalue weighted by molar-refractivity contribution is -0.111. The van der Waals surface area contributed by atoms with E-state index in [1.165, 1.54) is 27.7 Å². The molecule has 0 radical (unpaired) electrons. The maximum Gasteiger partial charge on any atom is 0.200 e. The smallest absolute Gasteiger partial charge is 0.200 e. The first-order chi connectivity index (χ1) is 13.7. The van der Waals surface area contributed by atoms with E-state index in [-0.39, 0.29) is 18.2 Å². The van der Waals surface area contributed by atoms with Gasteiger partial charge in [0.05, 0.1) is 5.57 Å². The third-order valence-corrected chi connectivity index (χ3v) is 6.31. The Hall–Kier alpha value is -2.83. The summed E-state index contributed by atoms with van der Waals surface area (Å²) in [6.07, 6.45) is 6.86. The quantitative estimate of drug-likeness (QED) is 0.398. The number of hydrogen-bond acceptors (Lipinski definition) is 6. The second-order valence-electron chi connectivity index (χ2n) is 5.96. The number of benzene rings is 2. The van der Waals surface area contributed by atoms with Crippen LogP contribution in [0.1, 0.15) is 15.9 Å². The van der Waals surface area contributed by atoms with E-state index in [9.17, 15) is 9.59 Å². The normalized spacial score (nSPS) is 18.3. The minimum atomic E-state index is -0.0849. The van der Waals surface area contributed by atoms with E-state index >= 15 is 0 Å². The molecule has 1 heterocycles. The molecule has 28 heavy (non-hydrogen) atoms. The van der Waals surface area contributed by atoms with Crippen molar-refractivity contribution in [2.45, 2.75) is 0 Å². The Kier molecular flexibility index (Phi) is 5.60. The van der Waals surface area contributed by atoms with Gasteiger partial charge in [-0.05, 0) is 45.9 Å². The average molecular weight is 406 g/mol. The number of carbonyl (C=O) groups is 2. The van der Waals surface area contributed by atoms with Crippen LogP contribution in [0.25, 0.3) is 0 Å². The summed E-state index contributed by atoms with van der Waals surface area (Å²) in [5, 5.41) is 1.44. The van der Waals surface area contributed by atoms with E-state index in [4.69, 9.17) is 4.74 Å². The molecule has 0 saturated carbocycles. The SMILES string of the molecule is O=C1C=CC=C/C1=C1\N=C(c2ccccc2OCC(=O)c2ccccc2)SS1. The molecule has 0 aromatic heterocycles. The van der Waals surface area contributed by atoms with Crippen LogP contribution < -0.4 is 4.74 Å². The third-order valence-electron chi connectivity index (χ3n) is 4.09. The second-order valence-corrected chi connectivity index (χ2v) is 8.07. The van der Waals surface area contributed by atoms with Crippen LogP contribution in [0.5, 0.6) is 5.75 Å². The lowest BCUT2D eigenvalue weighted by Crippen LogP contribution is -2.12. The average Bonchev–Trinajstić information content (AvgIpc) is 3.23. The van der Waals surface area contributed by atoms with Crippen molar-refractivity contribution in [2.75, 3.05) is 6.61 Å². The van der Waals surface area contributed by atoms with Crippen molar-refractivity contribution in [1.29, 1.82) is 0 Å². The largest absolute Gasteiger partial charge is 0.485 e. The minimum absolute atomic E-state index is 0.0476. The van der Waals surface area contributed by atoms with Crippen LogP contribution >= 0.6 is 21.6 Å². The molecule has 2 aromatic carbocycles. The summed E-state index contributed by atoms with van der Waals surface area (Å²) >= 11 is 0. The van der Waals surface area contributed by atoms with E-state index in [1.807, 2.05) is 48.5 Å². The number of ether oxygens (including phenoxy) is 1. The van der Waals surface area contributed by atoms with Gasteiger partial charge in [-0.2, -0.15) is 0 Å². The van der Waals surface area contributed by atoms with E-state index in [1.54, 1.807) is 24.3 Å². The summed E-state index contributed by atoms with van der Waals surface area (Å²) in [4.78, 5) is 29.0. The summed E-state index contributed by atoms with van der Waals surface area (Å²) in [7, 11) is 2.93. The molecule has 0 N–H and O–H groups in total. The van der Waals surface area contributed by atoms with Gasteiger partial charge in [-0.3, -0.25) is 9.59 Å². The topological polar surface area (TPSA) is 55.7 Å². The Morgan fingerprint density at radius 3 is 2.50 bits per heavy atom. The lowest BCUT2D eigenvalue weighted by atomic mass is 10.1. The van der Waals surface area contributed by atoms with Crippen LogP contribution in [-0.2, 0) is 4.79 Å². The molecule has 1 aliphatic carbocycles. The number of hydrogen-bond donors (Lipinski definition) is 0. The van der Waals surface area contributed by atoms with Gasteiger partial charge in [-0.1, -0.05) is 54.6 Å². The summed E-state index contributed by atoms with van der Waals surface area (Å²) < 4.78 is 5.81. The molecular weight excluding hydrogens is 390 g/mol. The molecule has 4 rings (SSSR count). The van der Waals surface area contributed by atoms with E-state index in [0.717, 1.165) is 10.6 Å². The fourth-order valence-corrected chi connectivity index (χ4v) is 4.91. The molecule has 0 amide bonds. The van der Waals surface area contributed by atoms with Crippen molar-refractivity contribution in [3.05, 3.63) is 101 Å². The second kappa shape index (κ2) is 8.46. The van der Waals surface area contributed by atoms with E-state index < -0.39 is 0 Å². The third kappa shape index (κ3) is 4.03. The van der Waals surface area contributed by atoms with Gasteiger partial charge in [0.25, 0.3) is 0 Å². The van der Waals surface area contributed by atoms with Crippen LogP contribution in [0, 0.1) is 0 Å². The molecule has 138 valence electrons. The van der Waals surface area contributed by atoms with Gasteiger partial charge in [0.2, 0.25) is 0 Å². The van der Waals surface area contributed by atoms with Gasteiger partial charge in [0.1, 0.15) is 15.8 Å². The number of aliphatic imine (C=N–C) groups is 1. The maximum absolute atomic E-state index is 12.3. The minimum Gasteiger partial charge on any atom is -0.485 e. The zero-order chi connectivity index (χ0) is 19.3. The Labute approximate surface area is 170 Å². The van der Waals surface area contributed by atoms with Gasteiger partial charge < -0.3 is 4.74 Å². The fourth-order valence-electron chi connectivity index (χ4n) is 2.68. The van der Waals surface area contributed by atoms with E-state index in [0.29, 0.717) is 21.9 Å². The van der Waals surface area contributed by atoms with Crippen molar-refractivity contribution in [2.24, 2.45) is 4.99 Å². The molecule has 0 saturated heterocycles.